The number of halogens is 3. The average Bonchev–Trinajstić information content (AvgIpc) is 4.38. The first kappa shape index (κ1) is 47.3. The lowest BCUT2D eigenvalue weighted by atomic mass is 9.84. The van der Waals surface area contributed by atoms with Crippen LogP contribution in [0.3, 0.4) is 0 Å². The van der Waals surface area contributed by atoms with E-state index in [9.17, 15) is 13.2 Å². The predicted octanol–water partition coefficient (Wildman–Crippen LogP) is 22.7. The lowest BCUT2D eigenvalue weighted by Crippen LogP contribution is -2.13. The van der Waals surface area contributed by atoms with Gasteiger partial charge >= 0.3 is 6.18 Å². The molecule has 0 fully saturated rings. The van der Waals surface area contributed by atoms with Gasteiger partial charge in [0.05, 0.1) is 39.7 Å². The van der Waals surface area contributed by atoms with Gasteiger partial charge in [0, 0.05) is 53.9 Å². The molecule has 0 radical (unpaired) electrons. The van der Waals surface area contributed by atoms with Crippen molar-refractivity contribution in [1.29, 1.82) is 0 Å². The third-order valence-corrected chi connectivity index (χ3v) is 16.9. The summed E-state index contributed by atoms with van der Waals surface area (Å²) in [6.07, 6.45) is -4.65. The lowest BCUT2D eigenvalue weighted by Gasteiger charge is -2.31. The summed E-state index contributed by atoms with van der Waals surface area (Å²) in [5, 5.41) is 13.2. The highest BCUT2D eigenvalue weighted by atomic mass is 19.4. The molecular weight excluding hydrogens is 1010 g/mol. The standard InChI is InChI=1S/C72H49F3N2O4/c1-38(2)53-36-60(76(56-26-12-21-45-41-17-6-8-30-62(41)78-68(45)56)58-28-14-23-49-47-19-10-16-40(5)66(47)80-70(49)58)51-34-32-44-54(39(3)4)37-61(52-35-33-43(53)64(51)65(44)52)77(57-27-13-22-46-42-18-7-9-31-63(42)79-69(46)57)59-29-15-24-50-48-20-11-25-55(72(73,74)75)67(48)81-71(50)59/h6-39H,1-5H3. The normalized spacial score (nSPS) is 12.7. The quantitative estimate of drug-likeness (QED) is 0.141. The molecule has 0 amide bonds. The maximum Gasteiger partial charge on any atom is 0.420 e. The molecule has 16 rings (SSSR count). The highest BCUT2D eigenvalue weighted by Crippen LogP contribution is 2.55. The molecule has 9 heteroatoms. The van der Waals surface area contributed by atoms with Crippen LogP contribution in [0, 0.1) is 6.92 Å². The van der Waals surface area contributed by atoms with Crippen LogP contribution in [0.4, 0.5) is 47.3 Å². The van der Waals surface area contributed by atoms with Crippen LogP contribution in [-0.2, 0) is 6.18 Å². The van der Waals surface area contributed by atoms with Gasteiger partial charge in [-0.1, -0.05) is 167 Å². The van der Waals surface area contributed by atoms with Crippen molar-refractivity contribution in [1.82, 2.24) is 0 Å². The van der Waals surface area contributed by atoms with Gasteiger partial charge in [-0.15, -0.1) is 0 Å². The number of nitrogens with zero attached hydrogens (tertiary/aromatic N) is 2. The third-order valence-electron chi connectivity index (χ3n) is 16.9. The minimum Gasteiger partial charge on any atom is -0.454 e. The summed E-state index contributed by atoms with van der Waals surface area (Å²) in [4.78, 5) is 4.50. The van der Waals surface area contributed by atoms with Crippen LogP contribution in [0.1, 0.15) is 61.8 Å². The van der Waals surface area contributed by atoms with Crippen LogP contribution in [0.25, 0.3) is 120 Å². The van der Waals surface area contributed by atoms with Crippen molar-refractivity contribution in [2.75, 3.05) is 9.80 Å². The van der Waals surface area contributed by atoms with Gasteiger partial charge in [0.2, 0.25) is 0 Å². The van der Waals surface area contributed by atoms with Gasteiger partial charge in [-0.2, -0.15) is 13.2 Å². The first-order chi connectivity index (χ1) is 39.4. The summed E-state index contributed by atoms with van der Waals surface area (Å²) in [6.45, 7) is 11.0. The molecule has 4 heterocycles. The van der Waals surface area contributed by atoms with Crippen LogP contribution >= 0.6 is 0 Å². The summed E-state index contributed by atoms with van der Waals surface area (Å²) in [5.74, 6) is 0.120. The van der Waals surface area contributed by atoms with Crippen molar-refractivity contribution in [3.63, 3.8) is 0 Å². The van der Waals surface area contributed by atoms with Crippen molar-refractivity contribution in [2.45, 2.75) is 52.6 Å². The smallest absolute Gasteiger partial charge is 0.420 e. The average molecular weight is 1060 g/mol. The molecule has 392 valence electrons. The van der Waals surface area contributed by atoms with Crippen LogP contribution in [-0.4, -0.2) is 0 Å². The van der Waals surface area contributed by atoms with Crippen molar-refractivity contribution < 1.29 is 30.8 Å². The number of rotatable bonds is 8. The second kappa shape index (κ2) is 17.1. The first-order valence-corrected chi connectivity index (χ1v) is 27.5. The number of fused-ring (bicyclic) bond motifs is 12. The molecule has 6 nitrogen and oxygen atoms in total. The first-order valence-electron chi connectivity index (χ1n) is 27.5. The van der Waals surface area contributed by atoms with Gasteiger partial charge in [0.1, 0.15) is 22.3 Å². The maximum absolute atomic E-state index is 14.9. The fourth-order valence-electron chi connectivity index (χ4n) is 13.3. The molecule has 0 atom stereocenters. The molecule has 0 unspecified atom stereocenters. The Labute approximate surface area is 461 Å². The Balaban J connectivity index is 1.05. The predicted molar refractivity (Wildman–Crippen MR) is 327 cm³/mol. The van der Waals surface area contributed by atoms with E-state index in [2.05, 4.69) is 154 Å². The second-order valence-corrected chi connectivity index (χ2v) is 22.2. The van der Waals surface area contributed by atoms with Gasteiger partial charge in [0.25, 0.3) is 0 Å². The van der Waals surface area contributed by atoms with E-state index < -0.39 is 11.7 Å². The van der Waals surface area contributed by atoms with Crippen LogP contribution < -0.4 is 9.80 Å². The Hall–Kier alpha value is -9.73. The van der Waals surface area contributed by atoms with Crippen molar-refractivity contribution in [2.24, 2.45) is 0 Å². The summed E-state index contributed by atoms with van der Waals surface area (Å²) in [5.41, 5.74) is 11.9. The minimum absolute atomic E-state index is 0.0360. The van der Waals surface area contributed by atoms with E-state index in [-0.39, 0.29) is 17.4 Å². The molecule has 12 aromatic carbocycles. The zero-order valence-electron chi connectivity index (χ0n) is 44.8. The molecule has 0 saturated heterocycles. The monoisotopic (exact) mass is 1060 g/mol. The molecule has 81 heavy (non-hydrogen) atoms. The number of hydrogen-bond donors (Lipinski definition) is 0. The number of benzene rings is 12. The van der Waals surface area contributed by atoms with Crippen LogP contribution in [0.2, 0.25) is 0 Å². The number of hydrogen-bond acceptors (Lipinski definition) is 6. The number of anilines is 6. The van der Waals surface area contributed by atoms with E-state index in [0.717, 1.165) is 138 Å². The lowest BCUT2D eigenvalue weighted by molar-refractivity contribution is -0.136. The van der Waals surface area contributed by atoms with E-state index in [0.29, 0.717) is 33.3 Å². The summed E-state index contributed by atoms with van der Waals surface area (Å²) >= 11 is 0. The highest BCUT2D eigenvalue weighted by Gasteiger charge is 2.36. The highest BCUT2D eigenvalue weighted by molar-refractivity contribution is 6.31. The van der Waals surface area contributed by atoms with Gasteiger partial charge < -0.3 is 27.5 Å². The maximum atomic E-state index is 14.9. The fraction of sp³-hybridized carbons (Fsp3) is 0.111. The number of aryl methyl sites for hydroxylation is 1. The molecule has 0 spiro atoms. The van der Waals surface area contributed by atoms with Crippen molar-refractivity contribution in [3.8, 4) is 0 Å². The molecule has 0 saturated carbocycles. The molecule has 0 bridgehead atoms. The van der Waals surface area contributed by atoms with Crippen molar-refractivity contribution >= 4 is 154 Å². The largest absolute Gasteiger partial charge is 0.454 e. The second-order valence-electron chi connectivity index (χ2n) is 22.2. The Morgan fingerprint density at radius 3 is 1.11 bits per heavy atom. The summed E-state index contributed by atoms with van der Waals surface area (Å²) in [6, 6.07) is 65.0. The Morgan fingerprint density at radius 2 is 0.667 bits per heavy atom. The van der Waals surface area contributed by atoms with E-state index in [4.69, 9.17) is 17.7 Å². The van der Waals surface area contributed by atoms with Gasteiger partial charge in [0.15, 0.2) is 22.3 Å². The fourth-order valence-corrected chi connectivity index (χ4v) is 13.3. The van der Waals surface area contributed by atoms with E-state index in [1.165, 1.54) is 6.07 Å². The van der Waals surface area contributed by atoms with Crippen LogP contribution in [0.15, 0.2) is 212 Å². The van der Waals surface area contributed by atoms with Gasteiger partial charge in [-0.3, -0.25) is 0 Å². The number of furan rings is 4. The molecule has 0 N–H and O–H groups in total. The van der Waals surface area contributed by atoms with Gasteiger partial charge in [-0.05, 0) is 112 Å². The molecular formula is C72H49F3N2O4. The summed E-state index contributed by atoms with van der Waals surface area (Å²) in [7, 11) is 0. The molecule has 0 aliphatic rings. The van der Waals surface area contributed by atoms with Crippen molar-refractivity contribution in [3.05, 3.63) is 216 Å². The van der Waals surface area contributed by atoms with E-state index in [1.807, 2.05) is 66.7 Å². The van der Waals surface area contributed by atoms with E-state index in [1.54, 1.807) is 6.07 Å². The molecule has 0 aliphatic heterocycles. The SMILES string of the molecule is Cc1cccc2c1oc1c(N(c3cc(C(C)C)c4ccc5c(N(c6cccc7c6oc6ccccc67)c6cccc7c6oc6c(C(F)(F)F)cccc67)cc(C(C)C)c6ccc3c4c65)c3cccc4c3oc3ccccc34)cccc12. The number of alkyl halides is 3. The zero-order valence-corrected chi connectivity index (χ0v) is 44.8. The van der Waals surface area contributed by atoms with Gasteiger partial charge in [-0.25, -0.2) is 0 Å². The molecule has 16 aromatic rings. The number of para-hydroxylation sites is 8. The topological polar surface area (TPSA) is 59.0 Å². The zero-order chi connectivity index (χ0) is 54.7. The summed E-state index contributed by atoms with van der Waals surface area (Å²) < 4.78 is 72.2. The minimum atomic E-state index is -4.65. The molecule has 0 aliphatic carbocycles. The molecule has 4 aromatic heterocycles. The van der Waals surface area contributed by atoms with Crippen LogP contribution in [0.5, 0.6) is 0 Å². The Bertz CT molecular complexity index is 5280. The Kier molecular flexibility index (Phi) is 10.0. The van der Waals surface area contributed by atoms with E-state index >= 15 is 0 Å². The Morgan fingerprint density at radius 1 is 0.321 bits per heavy atom. The third kappa shape index (κ3) is 6.75.